The minimum atomic E-state index is -3.34. The minimum absolute atomic E-state index is 0.360. The summed E-state index contributed by atoms with van der Waals surface area (Å²) < 4.78 is 28.5. The lowest BCUT2D eigenvalue weighted by Crippen LogP contribution is -2.44. The number of rotatable bonds is 5. The molecule has 2 heterocycles. The zero-order valence-electron chi connectivity index (χ0n) is 11.9. The Morgan fingerprint density at radius 2 is 1.95 bits per heavy atom. The number of piperidine rings is 1. The predicted octanol–water partition coefficient (Wildman–Crippen LogP) is 1.43. The number of nitrogens with zero attached hydrogens (tertiary/aromatic N) is 2. The molecule has 0 atom stereocenters. The van der Waals surface area contributed by atoms with Gasteiger partial charge in [-0.05, 0) is 25.0 Å². The van der Waals surface area contributed by atoms with Crippen LogP contribution < -0.4 is 4.72 Å². The summed E-state index contributed by atoms with van der Waals surface area (Å²) in [5.41, 5.74) is 1.89. The lowest BCUT2D eigenvalue weighted by molar-refractivity contribution is 0.342. The van der Waals surface area contributed by atoms with Crippen molar-refractivity contribution in [3.8, 4) is 0 Å². The van der Waals surface area contributed by atoms with Crippen molar-refractivity contribution in [2.24, 2.45) is 0 Å². The van der Waals surface area contributed by atoms with Gasteiger partial charge in [-0.15, -0.1) is 0 Å². The molecule has 1 aliphatic heterocycles. The fourth-order valence-electron chi connectivity index (χ4n) is 2.62. The molecule has 0 bridgehead atoms. The molecule has 0 spiro atoms. The van der Waals surface area contributed by atoms with Crippen LogP contribution in [0, 0.1) is 0 Å². The van der Waals surface area contributed by atoms with Crippen molar-refractivity contribution in [2.45, 2.75) is 25.7 Å². The molecule has 0 amide bonds. The van der Waals surface area contributed by atoms with Crippen LogP contribution in [-0.4, -0.2) is 42.3 Å². The highest BCUT2D eigenvalue weighted by molar-refractivity contribution is 7.87. The van der Waals surface area contributed by atoms with Gasteiger partial charge in [0.1, 0.15) is 5.82 Å². The van der Waals surface area contributed by atoms with Crippen LogP contribution in [0.1, 0.15) is 25.1 Å². The third-order valence-corrected chi connectivity index (χ3v) is 5.35. The number of hydrogen-bond acceptors (Lipinski definition) is 3. The van der Waals surface area contributed by atoms with Crippen LogP contribution in [0.3, 0.4) is 0 Å². The molecule has 1 aromatic carbocycles. The van der Waals surface area contributed by atoms with Gasteiger partial charge >= 0.3 is 0 Å². The van der Waals surface area contributed by atoms with Crippen molar-refractivity contribution in [3.63, 3.8) is 0 Å². The van der Waals surface area contributed by atoms with Crippen LogP contribution in [0.15, 0.2) is 24.3 Å². The molecule has 6 nitrogen and oxygen atoms in total. The Morgan fingerprint density at radius 1 is 1.19 bits per heavy atom. The standard InChI is InChI=1S/C14H20N4O2S/c19-21(20,18-10-4-1-5-11-18)15-9-8-14-16-12-6-2-3-7-13(12)17-14/h2-3,6-7,15H,1,4-5,8-11H2,(H,16,17). The number of hydrogen-bond donors (Lipinski definition) is 2. The van der Waals surface area contributed by atoms with Gasteiger partial charge in [0.15, 0.2) is 0 Å². The van der Waals surface area contributed by atoms with Crippen molar-refractivity contribution in [3.05, 3.63) is 30.1 Å². The Balaban J connectivity index is 1.57. The van der Waals surface area contributed by atoms with E-state index in [4.69, 9.17) is 0 Å². The molecule has 7 heteroatoms. The Kier molecular flexibility index (Phi) is 4.23. The second-order valence-corrected chi connectivity index (χ2v) is 7.06. The first-order valence-corrected chi connectivity index (χ1v) is 8.77. The molecule has 3 rings (SSSR count). The molecule has 2 N–H and O–H groups in total. The topological polar surface area (TPSA) is 78.1 Å². The lowest BCUT2D eigenvalue weighted by Gasteiger charge is -2.25. The maximum Gasteiger partial charge on any atom is 0.279 e. The number of H-pyrrole nitrogens is 1. The van der Waals surface area contributed by atoms with Crippen LogP contribution in [-0.2, 0) is 16.6 Å². The van der Waals surface area contributed by atoms with Crippen molar-refractivity contribution in [1.29, 1.82) is 0 Å². The summed E-state index contributed by atoms with van der Waals surface area (Å²) >= 11 is 0. The van der Waals surface area contributed by atoms with E-state index >= 15 is 0 Å². The first kappa shape index (κ1) is 14.5. The van der Waals surface area contributed by atoms with E-state index in [2.05, 4.69) is 14.7 Å². The molecule has 114 valence electrons. The summed E-state index contributed by atoms with van der Waals surface area (Å²) in [6, 6.07) is 7.78. The smallest absolute Gasteiger partial charge is 0.279 e. The van der Waals surface area contributed by atoms with E-state index in [0.29, 0.717) is 26.1 Å². The summed E-state index contributed by atoms with van der Waals surface area (Å²) in [6.45, 7) is 1.61. The number of aromatic nitrogens is 2. The predicted molar refractivity (Wildman–Crippen MR) is 82.1 cm³/mol. The van der Waals surface area contributed by atoms with Crippen LogP contribution in [0.2, 0.25) is 0 Å². The van der Waals surface area contributed by atoms with E-state index in [-0.39, 0.29) is 0 Å². The quantitative estimate of drug-likeness (QED) is 0.877. The molecule has 0 aliphatic carbocycles. The Labute approximate surface area is 124 Å². The highest BCUT2D eigenvalue weighted by Gasteiger charge is 2.23. The molecule has 1 fully saturated rings. The largest absolute Gasteiger partial charge is 0.342 e. The zero-order valence-corrected chi connectivity index (χ0v) is 12.7. The van der Waals surface area contributed by atoms with Gasteiger partial charge in [0.2, 0.25) is 0 Å². The molecular weight excluding hydrogens is 288 g/mol. The number of benzene rings is 1. The molecule has 1 aliphatic rings. The highest BCUT2D eigenvalue weighted by atomic mass is 32.2. The first-order valence-electron chi connectivity index (χ1n) is 7.33. The highest BCUT2D eigenvalue weighted by Crippen LogP contribution is 2.12. The summed E-state index contributed by atoms with van der Waals surface area (Å²) in [6.07, 6.45) is 3.57. The normalized spacial score (nSPS) is 17.3. The number of aromatic amines is 1. The number of imidazole rings is 1. The summed E-state index contributed by atoms with van der Waals surface area (Å²) in [5, 5.41) is 0. The summed E-state index contributed by atoms with van der Waals surface area (Å²) in [5.74, 6) is 0.803. The molecule has 21 heavy (non-hydrogen) atoms. The van der Waals surface area contributed by atoms with Gasteiger partial charge in [-0.3, -0.25) is 0 Å². The third kappa shape index (κ3) is 3.42. The molecule has 0 radical (unpaired) electrons. The zero-order chi connectivity index (χ0) is 14.7. The lowest BCUT2D eigenvalue weighted by atomic mass is 10.2. The first-order chi connectivity index (χ1) is 10.1. The van der Waals surface area contributed by atoms with E-state index in [1.54, 1.807) is 0 Å². The SMILES string of the molecule is O=S(=O)(NCCc1nc2ccccc2[nH]1)N1CCCCC1. The average molecular weight is 308 g/mol. The number of nitrogens with one attached hydrogen (secondary N) is 2. The fraction of sp³-hybridized carbons (Fsp3) is 0.500. The van der Waals surface area contributed by atoms with E-state index in [0.717, 1.165) is 36.1 Å². The van der Waals surface area contributed by atoms with Crippen LogP contribution in [0.25, 0.3) is 11.0 Å². The van der Waals surface area contributed by atoms with Crippen molar-refractivity contribution in [2.75, 3.05) is 19.6 Å². The Morgan fingerprint density at radius 3 is 2.71 bits per heavy atom. The van der Waals surface area contributed by atoms with Crippen molar-refractivity contribution < 1.29 is 8.42 Å². The van der Waals surface area contributed by atoms with Gasteiger partial charge in [-0.25, -0.2) is 9.71 Å². The maximum absolute atomic E-state index is 12.1. The van der Waals surface area contributed by atoms with Gasteiger partial charge in [-0.2, -0.15) is 12.7 Å². The molecule has 1 aromatic heterocycles. The molecule has 2 aromatic rings. The van der Waals surface area contributed by atoms with Gasteiger partial charge in [0.25, 0.3) is 10.2 Å². The van der Waals surface area contributed by atoms with E-state index in [9.17, 15) is 8.42 Å². The Bertz CT molecular complexity index is 672. The van der Waals surface area contributed by atoms with Gasteiger partial charge in [0.05, 0.1) is 11.0 Å². The monoisotopic (exact) mass is 308 g/mol. The molecule has 0 saturated carbocycles. The van der Waals surface area contributed by atoms with Crippen LogP contribution in [0.4, 0.5) is 0 Å². The number of para-hydroxylation sites is 2. The summed E-state index contributed by atoms with van der Waals surface area (Å²) in [7, 11) is -3.34. The van der Waals surface area contributed by atoms with Crippen molar-refractivity contribution in [1.82, 2.24) is 19.0 Å². The second-order valence-electron chi connectivity index (χ2n) is 5.31. The van der Waals surface area contributed by atoms with Crippen LogP contribution in [0.5, 0.6) is 0 Å². The molecule has 1 saturated heterocycles. The molecular formula is C14H20N4O2S. The van der Waals surface area contributed by atoms with Gasteiger partial charge in [-0.1, -0.05) is 18.6 Å². The fourth-order valence-corrected chi connectivity index (χ4v) is 3.90. The third-order valence-electron chi connectivity index (χ3n) is 3.74. The van der Waals surface area contributed by atoms with Crippen molar-refractivity contribution >= 4 is 21.2 Å². The van der Waals surface area contributed by atoms with E-state index in [1.807, 2.05) is 24.3 Å². The minimum Gasteiger partial charge on any atom is -0.342 e. The number of fused-ring (bicyclic) bond motifs is 1. The van der Waals surface area contributed by atoms with Gasteiger partial charge < -0.3 is 4.98 Å². The van der Waals surface area contributed by atoms with E-state index in [1.165, 1.54) is 4.31 Å². The Hall–Kier alpha value is -1.44. The summed E-state index contributed by atoms with van der Waals surface area (Å²) in [4.78, 5) is 7.64. The van der Waals surface area contributed by atoms with Crippen LogP contribution >= 0.6 is 0 Å². The molecule has 0 unspecified atom stereocenters. The average Bonchev–Trinajstić information content (AvgIpc) is 2.90. The second kappa shape index (κ2) is 6.13. The van der Waals surface area contributed by atoms with E-state index < -0.39 is 10.2 Å². The maximum atomic E-state index is 12.1. The van der Waals surface area contributed by atoms with Gasteiger partial charge in [0, 0.05) is 26.1 Å².